The van der Waals surface area contributed by atoms with Gasteiger partial charge in [0.25, 0.3) is 10.0 Å². The number of thiocyanates is 1. The van der Waals surface area contributed by atoms with Crippen LogP contribution in [0.25, 0.3) is 6.08 Å². The van der Waals surface area contributed by atoms with Gasteiger partial charge in [-0.1, -0.05) is 30.3 Å². The van der Waals surface area contributed by atoms with Gasteiger partial charge in [0.15, 0.2) is 0 Å². The van der Waals surface area contributed by atoms with Crippen molar-refractivity contribution in [3.8, 4) is 5.40 Å². The van der Waals surface area contributed by atoms with Crippen LogP contribution >= 0.6 is 11.8 Å². The highest BCUT2D eigenvalue weighted by molar-refractivity contribution is 8.03. The fraction of sp³-hybridized carbons (Fsp3) is 0.0625. The van der Waals surface area contributed by atoms with Crippen LogP contribution < -0.4 is 4.72 Å². The molecule has 0 aliphatic rings. The molecular formula is C16H14N2O2S2. The minimum Gasteiger partial charge on any atom is -0.280 e. The van der Waals surface area contributed by atoms with E-state index >= 15 is 0 Å². The number of anilines is 1. The van der Waals surface area contributed by atoms with Crippen LogP contribution in [0.4, 0.5) is 5.69 Å². The van der Waals surface area contributed by atoms with E-state index in [4.69, 9.17) is 5.26 Å². The molecule has 2 aromatic carbocycles. The summed E-state index contributed by atoms with van der Waals surface area (Å²) in [7, 11) is -3.58. The number of nitrogens with zero attached hydrogens (tertiary/aromatic N) is 1. The van der Waals surface area contributed by atoms with E-state index in [9.17, 15) is 8.42 Å². The highest BCUT2D eigenvalue weighted by atomic mass is 32.2. The Kier molecular flexibility index (Phi) is 5.26. The van der Waals surface area contributed by atoms with Gasteiger partial charge >= 0.3 is 0 Å². The van der Waals surface area contributed by atoms with Gasteiger partial charge in [0, 0.05) is 4.90 Å². The molecule has 1 N–H and O–H groups in total. The van der Waals surface area contributed by atoms with Gasteiger partial charge < -0.3 is 0 Å². The molecule has 0 fully saturated rings. The van der Waals surface area contributed by atoms with E-state index in [-0.39, 0.29) is 0 Å². The average molecular weight is 330 g/mol. The van der Waals surface area contributed by atoms with Gasteiger partial charge in [0.1, 0.15) is 5.40 Å². The van der Waals surface area contributed by atoms with Crippen LogP contribution in [-0.4, -0.2) is 8.42 Å². The van der Waals surface area contributed by atoms with Crippen LogP contribution in [0, 0.1) is 17.6 Å². The molecule has 22 heavy (non-hydrogen) atoms. The van der Waals surface area contributed by atoms with E-state index < -0.39 is 10.0 Å². The first-order valence-corrected chi connectivity index (χ1v) is 8.79. The van der Waals surface area contributed by atoms with Crippen molar-refractivity contribution in [3.63, 3.8) is 0 Å². The largest absolute Gasteiger partial charge is 0.280 e. The smallest absolute Gasteiger partial charge is 0.255 e. The summed E-state index contributed by atoms with van der Waals surface area (Å²) >= 11 is 1.04. The molecule has 2 aromatic rings. The quantitative estimate of drug-likeness (QED) is 0.665. The summed E-state index contributed by atoms with van der Waals surface area (Å²) in [5.74, 6) is 0. The monoisotopic (exact) mass is 330 g/mol. The number of hydrogen-bond acceptors (Lipinski definition) is 4. The van der Waals surface area contributed by atoms with Crippen LogP contribution in [-0.2, 0) is 10.0 Å². The Morgan fingerprint density at radius 2 is 1.91 bits per heavy atom. The first-order chi connectivity index (χ1) is 10.5. The maximum absolute atomic E-state index is 12.1. The van der Waals surface area contributed by atoms with Gasteiger partial charge in [-0.05, 0) is 54.1 Å². The van der Waals surface area contributed by atoms with E-state index in [1.54, 1.807) is 25.1 Å². The summed E-state index contributed by atoms with van der Waals surface area (Å²) in [6.45, 7) is 1.79. The molecule has 0 aliphatic carbocycles. The summed E-state index contributed by atoms with van der Waals surface area (Å²) in [5, 5.41) is 11.8. The van der Waals surface area contributed by atoms with Crippen molar-refractivity contribution in [1.29, 1.82) is 5.26 Å². The summed E-state index contributed by atoms with van der Waals surface area (Å²) < 4.78 is 26.7. The van der Waals surface area contributed by atoms with E-state index in [1.165, 1.54) is 6.08 Å². The molecule has 112 valence electrons. The minimum atomic E-state index is -3.58. The average Bonchev–Trinajstić information content (AvgIpc) is 2.49. The molecule has 0 bridgehead atoms. The normalized spacial score (nSPS) is 11.3. The second kappa shape index (κ2) is 7.16. The van der Waals surface area contributed by atoms with E-state index in [0.29, 0.717) is 5.69 Å². The zero-order valence-electron chi connectivity index (χ0n) is 11.9. The Hall–Kier alpha value is -2.23. The lowest BCUT2D eigenvalue weighted by atomic mass is 10.2. The summed E-state index contributed by atoms with van der Waals surface area (Å²) in [4.78, 5) is 0.780. The van der Waals surface area contributed by atoms with Crippen molar-refractivity contribution < 1.29 is 8.42 Å². The predicted octanol–water partition coefficient (Wildman–Crippen LogP) is 3.98. The lowest BCUT2D eigenvalue weighted by molar-refractivity contribution is 0.609. The molecule has 0 amide bonds. The lowest BCUT2D eigenvalue weighted by Gasteiger charge is -2.08. The van der Waals surface area contributed by atoms with Crippen molar-refractivity contribution in [1.82, 2.24) is 0 Å². The number of hydrogen-bond donors (Lipinski definition) is 1. The van der Waals surface area contributed by atoms with E-state index in [1.807, 2.05) is 35.7 Å². The summed E-state index contributed by atoms with van der Waals surface area (Å²) in [6.07, 6.45) is 1.54. The molecular weight excluding hydrogens is 316 g/mol. The molecule has 0 aromatic heterocycles. The second-order valence-corrected chi connectivity index (χ2v) is 6.95. The van der Waals surface area contributed by atoms with Crippen molar-refractivity contribution in [2.45, 2.75) is 11.8 Å². The van der Waals surface area contributed by atoms with Crippen molar-refractivity contribution in [2.75, 3.05) is 4.72 Å². The molecule has 0 saturated heterocycles. The van der Waals surface area contributed by atoms with Crippen molar-refractivity contribution in [2.24, 2.45) is 0 Å². The standard InChI is InChI=1S/C16H14N2O2S2/c1-13-11-15(21-12-17)7-8-16(13)18-22(19,20)10-9-14-5-3-2-4-6-14/h2-11,18H,1H3. The molecule has 4 nitrogen and oxygen atoms in total. The van der Waals surface area contributed by atoms with Crippen LogP contribution in [0.15, 0.2) is 58.8 Å². The number of thioether (sulfide) groups is 1. The van der Waals surface area contributed by atoms with E-state index in [0.717, 1.165) is 33.2 Å². The Morgan fingerprint density at radius 1 is 1.18 bits per heavy atom. The fourth-order valence-corrected chi connectivity index (χ4v) is 3.20. The third-order valence-electron chi connectivity index (χ3n) is 2.85. The van der Waals surface area contributed by atoms with Crippen LogP contribution in [0.3, 0.4) is 0 Å². The first kappa shape index (κ1) is 16.1. The van der Waals surface area contributed by atoms with Gasteiger partial charge in [-0.3, -0.25) is 4.72 Å². The SMILES string of the molecule is Cc1cc(SC#N)ccc1NS(=O)(=O)C=Cc1ccccc1. The molecule has 0 atom stereocenters. The second-order valence-electron chi connectivity index (χ2n) is 4.53. The van der Waals surface area contributed by atoms with Gasteiger partial charge in [-0.2, -0.15) is 5.26 Å². The van der Waals surface area contributed by atoms with Gasteiger partial charge in [-0.15, -0.1) is 0 Å². The van der Waals surface area contributed by atoms with Gasteiger partial charge in [0.05, 0.1) is 11.1 Å². The molecule has 0 saturated carbocycles. The maximum atomic E-state index is 12.1. The van der Waals surface area contributed by atoms with Crippen molar-refractivity contribution >= 4 is 33.5 Å². The number of aryl methyl sites for hydroxylation is 1. The molecule has 0 radical (unpaired) electrons. The lowest BCUT2D eigenvalue weighted by Crippen LogP contribution is -2.09. The van der Waals surface area contributed by atoms with Crippen molar-refractivity contribution in [3.05, 3.63) is 65.1 Å². The number of nitrogens with one attached hydrogen (secondary N) is 1. The summed E-state index contributed by atoms with van der Waals surface area (Å²) in [5.41, 5.74) is 2.07. The Balaban J connectivity index is 2.15. The summed E-state index contributed by atoms with van der Waals surface area (Å²) in [6, 6.07) is 14.3. The minimum absolute atomic E-state index is 0.500. The molecule has 6 heteroatoms. The Bertz CT molecular complexity index is 823. The zero-order chi connectivity index (χ0) is 16.0. The molecule has 2 rings (SSSR count). The molecule has 0 aliphatic heterocycles. The van der Waals surface area contributed by atoms with Crippen LogP contribution in [0.1, 0.15) is 11.1 Å². The maximum Gasteiger partial charge on any atom is 0.255 e. The third kappa shape index (κ3) is 4.65. The first-order valence-electron chi connectivity index (χ1n) is 6.43. The fourth-order valence-electron chi connectivity index (χ4n) is 1.79. The highest BCUT2D eigenvalue weighted by Crippen LogP contribution is 2.24. The van der Waals surface area contributed by atoms with Gasteiger partial charge in [0.2, 0.25) is 0 Å². The number of rotatable bonds is 5. The highest BCUT2D eigenvalue weighted by Gasteiger charge is 2.08. The third-order valence-corrected chi connectivity index (χ3v) is 4.43. The topological polar surface area (TPSA) is 70.0 Å². The number of benzene rings is 2. The van der Waals surface area contributed by atoms with Crippen LogP contribution in [0.2, 0.25) is 0 Å². The van der Waals surface area contributed by atoms with Crippen LogP contribution in [0.5, 0.6) is 0 Å². The molecule has 0 heterocycles. The molecule has 0 unspecified atom stereocenters. The zero-order valence-corrected chi connectivity index (χ0v) is 13.5. The van der Waals surface area contributed by atoms with Gasteiger partial charge in [-0.25, -0.2) is 8.42 Å². The molecule has 0 spiro atoms. The number of sulfonamides is 1. The Morgan fingerprint density at radius 3 is 2.55 bits per heavy atom. The van der Waals surface area contributed by atoms with E-state index in [2.05, 4.69) is 4.72 Å². The Labute approximate surface area is 134 Å². The number of nitriles is 1. The predicted molar refractivity (Wildman–Crippen MR) is 90.7 cm³/mol.